The minimum atomic E-state index is -1.23. The molecule has 1 aromatic carbocycles. The molecule has 2 aliphatic rings. The number of rotatable bonds is 4. The lowest BCUT2D eigenvalue weighted by molar-refractivity contribution is -0.139. The van der Waals surface area contributed by atoms with Crippen LogP contribution in [-0.2, 0) is 26.3 Å². The van der Waals surface area contributed by atoms with Gasteiger partial charge in [-0.2, -0.15) is 0 Å². The third-order valence-electron chi connectivity index (χ3n) is 7.58. The van der Waals surface area contributed by atoms with E-state index in [2.05, 4.69) is 29.5 Å². The number of aryl methyl sites for hydroxylation is 1. The summed E-state index contributed by atoms with van der Waals surface area (Å²) in [6.07, 6.45) is 6.63. The van der Waals surface area contributed by atoms with Crippen LogP contribution in [-0.4, -0.2) is 71.1 Å². The van der Waals surface area contributed by atoms with Gasteiger partial charge in [0.15, 0.2) is 0 Å². The number of pyridine rings is 1. The number of carbonyl (C=O) groups is 4. The summed E-state index contributed by atoms with van der Waals surface area (Å²) in [6, 6.07) is 11.0. The van der Waals surface area contributed by atoms with Crippen LogP contribution >= 0.6 is 0 Å². The van der Waals surface area contributed by atoms with Gasteiger partial charge in [0.1, 0.15) is 5.54 Å². The van der Waals surface area contributed by atoms with Gasteiger partial charge in [-0.3, -0.25) is 24.2 Å². The highest BCUT2D eigenvalue weighted by Gasteiger charge is 2.44. The number of nitrogens with one attached hydrogen (secondary N) is 2. The second kappa shape index (κ2) is 12.9. The highest BCUT2D eigenvalue weighted by molar-refractivity contribution is 5.95. The molecular formula is C30H39N5O4. The van der Waals surface area contributed by atoms with Crippen molar-refractivity contribution >= 4 is 23.6 Å². The Morgan fingerprint density at radius 1 is 1.03 bits per heavy atom. The first-order valence-corrected chi connectivity index (χ1v) is 13.9. The van der Waals surface area contributed by atoms with Crippen LogP contribution in [0.1, 0.15) is 67.4 Å². The lowest BCUT2D eigenvalue weighted by Crippen LogP contribution is -2.60. The fraction of sp³-hybridized carbons (Fsp3) is 0.500. The van der Waals surface area contributed by atoms with Gasteiger partial charge >= 0.3 is 0 Å². The number of amides is 4. The molecule has 39 heavy (non-hydrogen) atoms. The maximum Gasteiger partial charge on any atom is 0.254 e. The molecule has 1 atom stereocenters. The van der Waals surface area contributed by atoms with Crippen molar-refractivity contribution in [2.45, 2.75) is 57.9 Å². The molecule has 2 N–H and O–H groups in total. The zero-order chi connectivity index (χ0) is 27.8. The van der Waals surface area contributed by atoms with E-state index in [0.29, 0.717) is 37.4 Å². The molecule has 2 aromatic rings. The SMILES string of the molecule is CC(C)CCN1CC(=O)NC2(CCCc3ccccc32)C(=O)NCCN(C(=O)c2ccncc2)CCCC1=O. The number of benzene rings is 1. The summed E-state index contributed by atoms with van der Waals surface area (Å²) in [7, 11) is 0. The molecule has 1 fully saturated rings. The topological polar surface area (TPSA) is 112 Å². The fourth-order valence-electron chi connectivity index (χ4n) is 5.44. The molecule has 1 saturated heterocycles. The predicted octanol–water partition coefficient (Wildman–Crippen LogP) is 2.66. The lowest BCUT2D eigenvalue weighted by Gasteiger charge is -2.39. The molecule has 9 nitrogen and oxygen atoms in total. The summed E-state index contributed by atoms with van der Waals surface area (Å²) in [6.45, 7) is 5.38. The van der Waals surface area contributed by atoms with Crippen molar-refractivity contribution < 1.29 is 19.2 Å². The van der Waals surface area contributed by atoms with Crippen LogP contribution in [0.5, 0.6) is 0 Å². The Morgan fingerprint density at radius 3 is 2.56 bits per heavy atom. The first-order chi connectivity index (χ1) is 18.8. The zero-order valence-corrected chi connectivity index (χ0v) is 22.9. The predicted molar refractivity (Wildman–Crippen MR) is 148 cm³/mol. The number of hydrogen-bond acceptors (Lipinski definition) is 5. The van der Waals surface area contributed by atoms with Crippen molar-refractivity contribution in [1.82, 2.24) is 25.4 Å². The molecule has 2 heterocycles. The number of fused-ring (bicyclic) bond motifs is 2. The van der Waals surface area contributed by atoms with Crippen molar-refractivity contribution in [3.63, 3.8) is 0 Å². The van der Waals surface area contributed by atoms with E-state index in [1.54, 1.807) is 34.3 Å². The first kappa shape index (κ1) is 28.3. The van der Waals surface area contributed by atoms with Crippen LogP contribution in [0.3, 0.4) is 0 Å². The van der Waals surface area contributed by atoms with Gasteiger partial charge in [0.25, 0.3) is 11.8 Å². The van der Waals surface area contributed by atoms with Crippen molar-refractivity contribution in [2.24, 2.45) is 5.92 Å². The third-order valence-corrected chi connectivity index (χ3v) is 7.58. The van der Waals surface area contributed by atoms with E-state index < -0.39 is 5.54 Å². The van der Waals surface area contributed by atoms with E-state index in [4.69, 9.17) is 0 Å². The van der Waals surface area contributed by atoms with Crippen molar-refractivity contribution in [3.05, 3.63) is 65.5 Å². The van der Waals surface area contributed by atoms with Crippen molar-refractivity contribution in [3.8, 4) is 0 Å². The Bertz CT molecular complexity index is 1180. The first-order valence-electron chi connectivity index (χ1n) is 13.9. The van der Waals surface area contributed by atoms with Crippen LogP contribution in [0, 0.1) is 5.92 Å². The normalized spacial score (nSPS) is 21.3. The molecule has 1 aliphatic heterocycles. The minimum absolute atomic E-state index is 0.109. The number of carbonyl (C=O) groups excluding carboxylic acids is 4. The molecule has 9 heteroatoms. The molecule has 1 aromatic heterocycles. The molecular weight excluding hydrogens is 494 g/mol. The van der Waals surface area contributed by atoms with Crippen LogP contribution < -0.4 is 10.6 Å². The number of nitrogens with zero attached hydrogens (tertiary/aromatic N) is 3. The summed E-state index contributed by atoms with van der Waals surface area (Å²) in [4.78, 5) is 61.1. The average molecular weight is 534 g/mol. The number of hydrogen-bond donors (Lipinski definition) is 2. The largest absolute Gasteiger partial charge is 0.352 e. The van der Waals surface area contributed by atoms with Gasteiger partial charge < -0.3 is 20.4 Å². The van der Waals surface area contributed by atoms with Crippen molar-refractivity contribution in [1.29, 1.82) is 0 Å². The van der Waals surface area contributed by atoms with Gasteiger partial charge in [-0.15, -0.1) is 0 Å². The molecule has 4 rings (SSSR count). The molecule has 1 spiro atoms. The van der Waals surface area contributed by atoms with E-state index in [9.17, 15) is 19.2 Å². The smallest absolute Gasteiger partial charge is 0.254 e. The minimum Gasteiger partial charge on any atom is -0.352 e. The Hall–Kier alpha value is -3.75. The highest BCUT2D eigenvalue weighted by atomic mass is 16.2. The molecule has 1 unspecified atom stereocenters. The maximum absolute atomic E-state index is 13.9. The summed E-state index contributed by atoms with van der Waals surface area (Å²) in [5, 5.41) is 6.07. The van der Waals surface area contributed by atoms with Gasteiger partial charge in [-0.05, 0) is 61.3 Å². The fourth-order valence-corrected chi connectivity index (χ4v) is 5.44. The molecule has 0 saturated carbocycles. The second-order valence-corrected chi connectivity index (χ2v) is 10.8. The summed E-state index contributed by atoms with van der Waals surface area (Å²) in [5.41, 5.74) is 1.09. The van der Waals surface area contributed by atoms with E-state index >= 15 is 0 Å². The summed E-state index contributed by atoms with van der Waals surface area (Å²) >= 11 is 0. The number of aromatic nitrogens is 1. The average Bonchev–Trinajstić information content (AvgIpc) is 2.94. The Morgan fingerprint density at radius 2 is 1.79 bits per heavy atom. The van der Waals surface area contributed by atoms with Gasteiger partial charge in [0.2, 0.25) is 11.8 Å². The molecule has 1 aliphatic carbocycles. The van der Waals surface area contributed by atoms with Crippen LogP contribution in [0.4, 0.5) is 0 Å². The van der Waals surface area contributed by atoms with E-state index in [1.807, 2.05) is 24.3 Å². The molecule has 0 bridgehead atoms. The van der Waals surface area contributed by atoms with Gasteiger partial charge in [0, 0.05) is 50.6 Å². The zero-order valence-electron chi connectivity index (χ0n) is 22.9. The van der Waals surface area contributed by atoms with E-state index in [0.717, 1.165) is 30.4 Å². The van der Waals surface area contributed by atoms with E-state index in [-0.39, 0.29) is 49.7 Å². The second-order valence-electron chi connectivity index (χ2n) is 10.8. The van der Waals surface area contributed by atoms with Gasteiger partial charge in [-0.25, -0.2) is 0 Å². The Labute approximate surface area is 230 Å². The summed E-state index contributed by atoms with van der Waals surface area (Å²) in [5.74, 6) is -0.567. The summed E-state index contributed by atoms with van der Waals surface area (Å²) < 4.78 is 0. The Kier molecular flexibility index (Phi) is 9.32. The van der Waals surface area contributed by atoms with Crippen LogP contribution in [0.15, 0.2) is 48.8 Å². The molecule has 0 radical (unpaired) electrons. The van der Waals surface area contributed by atoms with Gasteiger partial charge in [0.05, 0.1) is 6.54 Å². The Balaban J connectivity index is 1.64. The standard InChI is InChI=1S/C30H39N5O4/c1-22(2)13-19-35-21-26(36)33-30(14-5-8-23-7-3-4-9-25(23)30)29(39)32-17-20-34(18-6-10-27(35)37)28(38)24-11-15-31-16-12-24/h3-4,7,9,11-12,15-16,22H,5-6,8,10,13-14,17-21H2,1-2H3,(H,32,39)(H,33,36). The molecule has 4 amide bonds. The monoisotopic (exact) mass is 533 g/mol. The van der Waals surface area contributed by atoms with Crippen LogP contribution in [0.2, 0.25) is 0 Å². The van der Waals surface area contributed by atoms with E-state index in [1.165, 1.54) is 0 Å². The molecule has 208 valence electrons. The lowest BCUT2D eigenvalue weighted by atomic mass is 9.75. The quantitative estimate of drug-likeness (QED) is 0.628. The van der Waals surface area contributed by atoms with Gasteiger partial charge in [-0.1, -0.05) is 38.1 Å². The van der Waals surface area contributed by atoms with Crippen LogP contribution in [0.25, 0.3) is 0 Å². The van der Waals surface area contributed by atoms with Crippen molar-refractivity contribution in [2.75, 3.05) is 32.7 Å². The maximum atomic E-state index is 13.9. The highest BCUT2D eigenvalue weighted by Crippen LogP contribution is 2.35. The third kappa shape index (κ3) is 6.82.